The molecule has 0 aliphatic carbocycles. The molecule has 5 heteroatoms. The Bertz CT molecular complexity index is 460. The summed E-state index contributed by atoms with van der Waals surface area (Å²) in [6.07, 6.45) is 1.51. The summed E-state index contributed by atoms with van der Waals surface area (Å²) in [5.74, 6) is -0.177. The van der Waals surface area contributed by atoms with Crippen LogP contribution in [0.2, 0.25) is 0 Å². The third kappa shape index (κ3) is 5.40. The van der Waals surface area contributed by atoms with E-state index in [0.29, 0.717) is 24.8 Å². The molecule has 1 atom stereocenters. The molecule has 0 radical (unpaired) electrons. The molecule has 0 aliphatic heterocycles. The van der Waals surface area contributed by atoms with Crippen LogP contribution in [0.15, 0.2) is 24.3 Å². The van der Waals surface area contributed by atoms with Crippen LogP contribution in [0.1, 0.15) is 35.7 Å². The first-order valence-electron chi connectivity index (χ1n) is 6.78. The van der Waals surface area contributed by atoms with Gasteiger partial charge in [0, 0.05) is 31.7 Å². The lowest BCUT2D eigenvalue weighted by Gasteiger charge is -2.12. The second-order valence-electron chi connectivity index (χ2n) is 4.76. The van der Waals surface area contributed by atoms with Crippen LogP contribution in [0, 0.1) is 0 Å². The van der Waals surface area contributed by atoms with Crippen LogP contribution in [-0.2, 0) is 11.2 Å². The quantitative estimate of drug-likeness (QED) is 0.692. The highest BCUT2D eigenvalue weighted by molar-refractivity contribution is 5.94. The van der Waals surface area contributed by atoms with Crippen molar-refractivity contribution in [3.8, 4) is 0 Å². The largest absolute Gasteiger partial charge is 0.396 e. The van der Waals surface area contributed by atoms with E-state index in [4.69, 9.17) is 5.11 Å². The van der Waals surface area contributed by atoms with E-state index in [9.17, 15) is 9.59 Å². The first kappa shape index (κ1) is 16.2. The number of rotatable bonds is 7. The number of aryl methyl sites for hydroxylation is 1. The Morgan fingerprint density at radius 1 is 1.35 bits per heavy atom. The smallest absolute Gasteiger partial charge is 0.251 e. The molecular formula is C15H22N2O3. The zero-order valence-electron chi connectivity index (χ0n) is 12.0. The molecule has 0 aliphatic rings. The van der Waals surface area contributed by atoms with Crippen LogP contribution in [0.4, 0.5) is 0 Å². The summed E-state index contributed by atoms with van der Waals surface area (Å²) in [7, 11) is 1.59. The van der Waals surface area contributed by atoms with Gasteiger partial charge in [-0.25, -0.2) is 0 Å². The van der Waals surface area contributed by atoms with Gasteiger partial charge in [-0.3, -0.25) is 9.59 Å². The van der Waals surface area contributed by atoms with Crippen molar-refractivity contribution < 1.29 is 14.7 Å². The highest BCUT2D eigenvalue weighted by Gasteiger charge is 2.08. The molecule has 1 aromatic carbocycles. The summed E-state index contributed by atoms with van der Waals surface area (Å²) in [5, 5.41) is 14.2. The zero-order chi connectivity index (χ0) is 15.0. The van der Waals surface area contributed by atoms with Gasteiger partial charge in [-0.1, -0.05) is 12.1 Å². The van der Waals surface area contributed by atoms with Crippen LogP contribution >= 0.6 is 0 Å². The number of hydrogen-bond acceptors (Lipinski definition) is 3. The highest BCUT2D eigenvalue weighted by atomic mass is 16.3. The summed E-state index contributed by atoms with van der Waals surface area (Å²) in [6.45, 7) is 1.93. The minimum absolute atomic E-state index is 0.0234. The lowest BCUT2D eigenvalue weighted by molar-refractivity contribution is -0.121. The normalized spacial score (nSPS) is 11.8. The van der Waals surface area contributed by atoms with Crippen molar-refractivity contribution in [2.24, 2.45) is 0 Å². The van der Waals surface area contributed by atoms with Crippen LogP contribution in [0.5, 0.6) is 0 Å². The van der Waals surface area contributed by atoms with Gasteiger partial charge in [-0.15, -0.1) is 0 Å². The van der Waals surface area contributed by atoms with Gasteiger partial charge in [-0.2, -0.15) is 0 Å². The molecule has 0 saturated carbocycles. The Balaban J connectivity index is 2.49. The van der Waals surface area contributed by atoms with E-state index in [-0.39, 0.29) is 24.5 Å². The molecule has 1 unspecified atom stereocenters. The van der Waals surface area contributed by atoms with Crippen LogP contribution < -0.4 is 10.6 Å². The predicted molar refractivity (Wildman–Crippen MR) is 77.5 cm³/mol. The van der Waals surface area contributed by atoms with Gasteiger partial charge in [0.05, 0.1) is 0 Å². The molecule has 5 nitrogen and oxygen atoms in total. The summed E-state index contributed by atoms with van der Waals surface area (Å²) >= 11 is 0. The second-order valence-corrected chi connectivity index (χ2v) is 4.76. The van der Waals surface area contributed by atoms with Crippen molar-refractivity contribution in [1.29, 1.82) is 0 Å². The molecule has 3 N–H and O–H groups in total. The average Bonchev–Trinajstić information content (AvgIpc) is 2.44. The van der Waals surface area contributed by atoms with E-state index >= 15 is 0 Å². The van der Waals surface area contributed by atoms with E-state index in [1.54, 1.807) is 19.2 Å². The molecule has 20 heavy (non-hydrogen) atoms. The number of benzene rings is 1. The molecule has 0 bridgehead atoms. The number of carbonyl (C=O) groups is 2. The van der Waals surface area contributed by atoms with Crippen LogP contribution in [0.3, 0.4) is 0 Å². The third-order valence-corrected chi connectivity index (χ3v) is 3.03. The Kier molecular flexibility index (Phi) is 6.73. The Morgan fingerprint density at radius 2 is 2.10 bits per heavy atom. The third-order valence-electron chi connectivity index (χ3n) is 3.03. The summed E-state index contributed by atoms with van der Waals surface area (Å²) < 4.78 is 0. The fourth-order valence-corrected chi connectivity index (χ4v) is 1.88. The topological polar surface area (TPSA) is 78.4 Å². The number of aliphatic hydroxyl groups is 1. The first-order valence-corrected chi connectivity index (χ1v) is 6.78. The average molecular weight is 278 g/mol. The number of hydrogen-bond donors (Lipinski definition) is 3. The summed E-state index contributed by atoms with van der Waals surface area (Å²) in [6, 6.07) is 7.22. The van der Waals surface area contributed by atoms with Crippen LogP contribution in [0.25, 0.3) is 0 Å². The van der Waals surface area contributed by atoms with Gasteiger partial charge < -0.3 is 15.7 Å². The Morgan fingerprint density at radius 3 is 2.75 bits per heavy atom. The number of carbonyl (C=O) groups excluding carboxylic acids is 2. The minimum Gasteiger partial charge on any atom is -0.396 e. The monoisotopic (exact) mass is 278 g/mol. The molecule has 0 aromatic heterocycles. The SMILES string of the molecule is CNC(=O)c1cccc(CCC(=O)NC(C)CCO)c1. The Hall–Kier alpha value is -1.88. The van der Waals surface area contributed by atoms with E-state index in [1.165, 1.54) is 0 Å². The lowest BCUT2D eigenvalue weighted by atomic mass is 10.1. The molecular weight excluding hydrogens is 256 g/mol. The van der Waals surface area contributed by atoms with Gasteiger partial charge in [0.15, 0.2) is 0 Å². The molecule has 2 amide bonds. The minimum atomic E-state index is -0.132. The number of amides is 2. The van der Waals surface area contributed by atoms with E-state index in [2.05, 4.69) is 10.6 Å². The first-order chi connectivity index (χ1) is 9.56. The molecule has 1 rings (SSSR count). The lowest BCUT2D eigenvalue weighted by Crippen LogP contribution is -2.33. The van der Waals surface area contributed by atoms with Crippen molar-refractivity contribution in [2.45, 2.75) is 32.2 Å². The standard InChI is InChI=1S/C15H22N2O3/c1-11(8-9-18)17-14(19)7-6-12-4-3-5-13(10-12)15(20)16-2/h3-5,10-11,18H,6-9H2,1-2H3,(H,16,20)(H,17,19). The maximum absolute atomic E-state index is 11.7. The molecule has 110 valence electrons. The maximum atomic E-state index is 11.7. The van der Waals surface area contributed by atoms with Gasteiger partial charge in [0.25, 0.3) is 5.91 Å². The highest BCUT2D eigenvalue weighted by Crippen LogP contribution is 2.08. The van der Waals surface area contributed by atoms with Crippen LogP contribution in [-0.4, -0.2) is 36.6 Å². The molecule has 0 fully saturated rings. The van der Waals surface area contributed by atoms with Gasteiger partial charge in [0.2, 0.25) is 5.91 Å². The summed E-state index contributed by atoms with van der Waals surface area (Å²) in [5.41, 5.74) is 1.55. The fraction of sp³-hybridized carbons (Fsp3) is 0.467. The van der Waals surface area contributed by atoms with Gasteiger partial charge >= 0.3 is 0 Å². The van der Waals surface area contributed by atoms with Crippen molar-refractivity contribution >= 4 is 11.8 Å². The van der Waals surface area contributed by atoms with E-state index < -0.39 is 0 Å². The Labute approximate surface area is 119 Å². The summed E-state index contributed by atoms with van der Waals surface area (Å²) in [4.78, 5) is 23.2. The van der Waals surface area contributed by atoms with Crippen molar-refractivity contribution in [3.05, 3.63) is 35.4 Å². The number of nitrogens with one attached hydrogen (secondary N) is 2. The second kappa shape index (κ2) is 8.32. The van der Waals surface area contributed by atoms with E-state index in [0.717, 1.165) is 5.56 Å². The maximum Gasteiger partial charge on any atom is 0.251 e. The molecule has 0 saturated heterocycles. The van der Waals surface area contributed by atoms with Crippen molar-refractivity contribution in [1.82, 2.24) is 10.6 Å². The van der Waals surface area contributed by atoms with Gasteiger partial charge in [-0.05, 0) is 37.5 Å². The number of aliphatic hydroxyl groups excluding tert-OH is 1. The predicted octanol–water partition coefficient (Wildman–Crippen LogP) is 0.866. The zero-order valence-corrected chi connectivity index (χ0v) is 12.0. The van der Waals surface area contributed by atoms with Gasteiger partial charge in [0.1, 0.15) is 0 Å². The molecule has 0 heterocycles. The fourth-order valence-electron chi connectivity index (χ4n) is 1.88. The van der Waals surface area contributed by atoms with Crippen molar-refractivity contribution in [3.63, 3.8) is 0 Å². The van der Waals surface area contributed by atoms with Crippen molar-refractivity contribution in [2.75, 3.05) is 13.7 Å². The molecule has 1 aromatic rings. The van der Waals surface area contributed by atoms with E-state index in [1.807, 2.05) is 19.1 Å². The molecule has 0 spiro atoms.